The number of nitrogens with zero attached hydrogens (tertiary/aromatic N) is 4. The van der Waals surface area contributed by atoms with E-state index in [0.717, 1.165) is 29.7 Å². The molecule has 0 bridgehead atoms. The summed E-state index contributed by atoms with van der Waals surface area (Å²) in [5.74, 6) is 1.48. The van der Waals surface area contributed by atoms with Gasteiger partial charge in [-0.1, -0.05) is 48.5 Å². The number of rotatable bonds is 9. The number of benzene rings is 2. The number of carbonyl (C=O) groups is 1. The van der Waals surface area contributed by atoms with Crippen LogP contribution in [0.3, 0.4) is 0 Å². The van der Waals surface area contributed by atoms with Crippen LogP contribution >= 0.6 is 0 Å². The molecule has 1 aliphatic carbocycles. The van der Waals surface area contributed by atoms with E-state index in [1.54, 1.807) is 4.80 Å². The second-order valence-corrected chi connectivity index (χ2v) is 7.59. The molecule has 7 nitrogen and oxygen atoms in total. The van der Waals surface area contributed by atoms with Gasteiger partial charge in [0.05, 0.1) is 12.6 Å². The first kappa shape index (κ1) is 20.1. The minimum atomic E-state index is 0.00840. The van der Waals surface area contributed by atoms with Crippen molar-refractivity contribution in [2.75, 3.05) is 0 Å². The number of ether oxygens (including phenoxy) is 1. The summed E-state index contributed by atoms with van der Waals surface area (Å²) in [6.45, 7) is 1.02. The van der Waals surface area contributed by atoms with Crippen molar-refractivity contribution in [3.05, 3.63) is 60.2 Å². The van der Waals surface area contributed by atoms with Crippen LogP contribution in [0.5, 0.6) is 5.75 Å². The van der Waals surface area contributed by atoms with Gasteiger partial charge in [-0.05, 0) is 43.4 Å². The Morgan fingerprint density at radius 3 is 2.67 bits per heavy atom. The van der Waals surface area contributed by atoms with Gasteiger partial charge in [-0.25, -0.2) is 0 Å². The molecular formula is C23H27N5O2. The lowest BCUT2D eigenvalue weighted by Gasteiger charge is -2.16. The standard InChI is InChI=1S/C23H27N5O2/c29-22(15-8-16-28-26-23(25-27-28)18-9-2-1-3-10-18)24-17-19-11-4-7-14-21(19)30-20-12-5-6-13-20/h1-4,7,9-11,14,20H,5-6,8,12-13,15-17H2,(H,24,29). The summed E-state index contributed by atoms with van der Waals surface area (Å²) in [4.78, 5) is 13.8. The van der Waals surface area contributed by atoms with Crippen molar-refractivity contribution in [2.45, 2.75) is 57.7 Å². The van der Waals surface area contributed by atoms with Gasteiger partial charge in [0.1, 0.15) is 5.75 Å². The minimum absolute atomic E-state index is 0.00840. The molecule has 7 heteroatoms. The predicted octanol–water partition coefficient (Wildman–Crippen LogP) is 3.76. The fraction of sp³-hybridized carbons (Fsp3) is 0.391. The van der Waals surface area contributed by atoms with Crippen molar-refractivity contribution >= 4 is 5.91 Å². The number of hydrogen-bond acceptors (Lipinski definition) is 5. The maximum absolute atomic E-state index is 12.3. The zero-order chi connectivity index (χ0) is 20.6. The first-order chi connectivity index (χ1) is 14.8. The Morgan fingerprint density at radius 1 is 1.07 bits per heavy atom. The fourth-order valence-electron chi connectivity index (χ4n) is 3.65. The zero-order valence-electron chi connectivity index (χ0n) is 17.0. The molecular weight excluding hydrogens is 378 g/mol. The summed E-state index contributed by atoms with van der Waals surface area (Å²) in [5.41, 5.74) is 1.95. The molecule has 30 heavy (non-hydrogen) atoms. The Hall–Kier alpha value is -3.22. The highest BCUT2D eigenvalue weighted by atomic mass is 16.5. The molecule has 0 radical (unpaired) electrons. The normalized spacial score (nSPS) is 14.0. The Bertz CT molecular complexity index is 951. The molecule has 0 unspecified atom stereocenters. The fourth-order valence-corrected chi connectivity index (χ4v) is 3.65. The third-order valence-electron chi connectivity index (χ3n) is 5.29. The number of aromatic nitrogens is 4. The smallest absolute Gasteiger partial charge is 0.220 e. The van der Waals surface area contributed by atoms with Gasteiger partial charge < -0.3 is 10.1 Å². The first-order valence-electron chi connectivity index (χ1n) is 10.6. The van der Waals surface area contributed by atoms with E-state index in [9.17, 15) is 4.79 Å². The third kappa shape index (κ3) is 5.43. The van der Waals surface area contributed by atoms with Crippen LogP contribution in [-0.4, -0.2) is 32.2 Å². The van der Waals surface area contributed by atoms with Gasteiger partial charge in [-0.15, -0.1) is 10.2 Å². The van der Waals surface area contributed by atoms with Gasteiger partial charge in [0, 0.05) is 24.1 Å². The lowest BCUT2D eigenvalue weighted by atomic mass is 10.2. The molecule has 3 aromatic rings. The molecule has 1 N–H and O–H groups in total. The number of hydrogen-bond donors (Lipinski definition) is 1. The first-order valence-corrected chi connectivity index (χ1v) is 10.6. The van der Waals surface area contributed by atoms with Crippen LogP contribution < -0.4 is 10.1 Å². The molecule has 1 aromatic heterocycles. The van der Waals surface area contributed by atoms with Crippen LogP contribution in [0.2, 0.25) is 0 Å². The molecule has 2 aromatic carbocycles. The monoisotopic (exact) mass is 405 g/mol. The van der Waals surface area contributed by atoms with Crippen molar-refractivity contribution in [1.82, 2.24) is 25.5 Å². The number of aryl methyl sites for hydroxylation is 1. The van der Waals surface area contributed by atoms with Crippen molar-refractivity contribution in [1.29, 1.82) is 0 Å². The summed E-state index contributed by atoms with van der Waals surface area (Å²) in [7, 11) is 0. The summed E-state index contributed by atoms with van der Waals surface area (Å²) in [5, 5.41) is 15.5. The highest BCUT2D eigenvalue weighted by molar-refractivity contribution is 5.75. The molecule has 0 atom stereocenters. The van der Waals surface area contributed by atoms with E-state index in [0.29, 0.717) is 37.9 Å². The van der Waals surface area contributed by atoms with E-state index in [1.807, 2.05) is 54.6 Å². The molecule has 0 aliphatic heterocycles. The average Bonchev–Trinajstić information content (AvgIpc) is 3.46. The van der Waals surface area contributed by atoms with Crippen LogP contribution in [0.1, 0.15) is 44.1 Å². The summed E-state index contributed by atoms with van der Waals surface area (Å²) >= 11 is 0. The van der Waals surface area contributed by atoms with Gasteiger partial charge in [0.25, 0.3) is 0 Å². The Balaban J connectivity index is 1.22. The molecule has 0 saturated heterocycles. The summed E-state index contributed by atoms with van der Waals surface area (Å²) < 4.78 is 6.14. The van der Waals surface area contributed by atoms with Crippen molar-refractivity contribution in [2.24, 2.45) is 0 Å². The van der Waals surface area contributed by atoms with Gasteiger partial charge >= 0.3 is 0 Å². The summed E-state index contributed by atoms with van der Waals surface area (Å²) in [6, 6.07) is 17.7. The van der Waals surface area contributed by atoms with Crippen LogP contribution in [0, 0.1) is 0 Å². The van der Waals surface area contributed by atoms with Crippen LogP contribution in [-0.2, 0) is 17.9 Å². The second kappa shape index (κ2) is 10.0. The second-order valence-electron chi connectivity index (χ2n) is 7.59. The zero-order valence-corrected chi connectivity index (χ0v) is 17.0. The van der Waals surface area contributed by atoms with Crippen molar-refractivity contribution in [3.8, 4) is 17.1 Å². The lowest BCUT2D eigenvalue weighted by Crippen LogP contribution is -2.23. The van der Waals surface area contributed by atoms with Gasteiger partial charge in [-0.3, -0.25) is 4.79 Å². The SMILES string of the molecule is O=C(CCCn1nnc(-c2ccccc2)n1)NCc1ccccc1OC1CCCC1. The molecule has 1 aliphatic rings. The van der Waals surface area contributed by atoms with E-state index in [1.165, 1.54) is 12.8 Å². The number of para-hydroxylation sites is 1. The highest BCUT2D eigenvalue weighted by Gasteiger charge is 2.18. The maximum Gasteiger partial charge on any atom is 0.220 e. The minimum Gasteiger partial charge on any atom is -0.490 e. The number of carbonyl (C=O) groups excluding carboxylic acids is 1. The number of nitrogens with one attached hydrogen (secondary N) is 1. The van der Waals surface area contributed by atoms with Gasteiger partial charge in [0.15, 0.2) is 0 Å². The van der Waals surface area contributed by atoms with E-state index in [4.69, 9.17) is 4.74 Å². The lowest BCUT2D eigenvalue weighted by molar-refractivity contribution is -0.121. The highest BCUT2D eigenvalue weighted by Crippen LogP contribution is 2.26. The molecule has 1 fully saturated rings. The van der Waals surface area contributed by atoms with Gasteiger partial charge in [-0.2, -0.15) is 4.80 Å². The maximum atomic E-state index is 12.3. The average molecular weight is 406 g/mol. The van der Waals surface area contributed by atoms with E-state index < -0.39 is 0 Å². The molecule has 1 saturated carbocycles. The van der Waals surface area contributed by atoms with Crippen molar-refractivity contribution < 1.29 is 9.53 Å². The number of amides is 1. The third-order valence-corrected chi connectivity index (χ3v) is 5.29. The Labute approximate surface area is 176 Å². The molecule has 0 spiro atoms. The van der Waals surface area contributed by atoms with E-state index in [-0.39, 0.29) is 5.91 Å². The van der Waals surface area contributed by atoms with Gasteiger partial charge in [0.2, 0.25) is 11.7 Å². The summed E-state index contributed by atoms with van der Waals surface area (Å²) in [6.07, 6.45) is 6.06. The van der Waals surface area contributed by atoms with E-state index >= 15 is 0 Å². The predicted molar refractivity (Wildman–Crippen MR) is 114 cm³/mol. The van der Waals surface area contributed by atoms with Crippen LogP contribution in [0.25, 0.3) is 11.4 Å². The van der Waals surface area contributed by atoms with Crippen LogP contribution in [0.15, 0.2) is 54.6 Å². The van der Waals surface area contributed by atoms with Crippen LogP contribution in [0.4, 0.5) is 0 Å². The Kier molecular flexibility index (Phi) is 6.69. The molecule has 1 amide bonds. The number of tetrazole rings is 1. The largest absolute Gasteiger partial charge is 0.490 e. The molecule has 4 rings (SSSR count). The molecule has 1 heterocycles. The Morgan fingerprint density at radius 2 is 1.83 bits per heavy atom. The molecule has 156 valence electrons. The topological polar surface area (TPSA) is 81.9 Å². The van der Waals surface area contributed by atoms with Crippen molar-refractivity contribution in [3.63, 3.8) is 0 Å². The van der Waals surface area contributed by atoms with E-state index in [2.05, 4.69) is 20.7 Å². The quantitative estimate of drug-likeness (QED) is 0.586.